The van der Waals surface area contributed by atoms with Crippen molar-refractivity contribution in [1.29, 1.82) is 0 Å². The Labute approximate surface area is 308 Å². The summed E-state index contributed by atoms with van der Waals surface area (Å²) in [5, 5.41) is 23.4. The van der Waals surface area contributed by atoms with Crippen LogP contribution in [-0.4, -0.2) is 10.2 Å². The highest BCUT2D eigenvalue weighted by Gasteiger charge is 2.20. The Kier molecular flexibility index (Phi) is 9.91. The Bertz CT molecular complexity index is 1840. The first-order valence-electron chi connectivity index (χ1n) is 16.0. The molecule has 6 heteroatoms. The van der Waals surface area contributed by atoms with Gasteiger partial charge in [0.2, 0.25) is 0 Å². The number of para-hydroxylation sites is 4. The van der Waals surface area contributed by atoms with Crippen LogP contribution in [0.1, 0.15) is 55.6 Å². The molecule has 1 aliphatic carbocycles. The van der Waals surface area contributed by atoms with E-state index in [1.54, 1.807) is 0 Å². The van der Waals surface area contributed by atoms with Crippen molar-refractivity contribution in [3.63, 3.8) is 0 Å². The number of phenols is 2. The monoisotopic (exact) mass is 856 g/mol. The van der Waals surface area contributed by atoms with Crippen LogP contribution < -0.4 is 9.47 Å². The van der Waals surface area contributed by atoms with Crippen LogP contribution in [0.2, 0.25) is 0 Å². The fourth-order valence-corrected chi connectivity index (χ4v) is 7.08. The zero-order valence-electron chi connectivity index (χ0n) is 26.3. The molecule has 7 rings (SSSR count). The Morgan fingerprint density at radius 2 is 0.667 bits per heavy atom. The number of halogens is 2. The van der Waals surface area contributed by atoms with E-state index < -0.39 is 0 Å². The number of hydrogen-bond acceptors (Lipinski definition) is 4. The molecule has 0 radical (unpaired) electrons. The van der Waals surface area contributed by atoms with Gasteiger partial charge in [0.05, 0.1) is 0 Å². The molecule has 8 bridgehead atoms. The van der Waals surface area contributed by atoms with E-state index in [1.807, 2.05) is 48.5 Å². The molecule has 0 amide bonds. The molecule has 0 atom stereocenters. The van der Waals surface area contributed by atoms with Crippen LogP contribution in [0.5, 0.6) is 23.0 Å². The van der Waals surface area contributed by atoms with Gasteiger partial charge in [-0.05, 0) is 125 Å². The Balaban J connectivity index is 1.32. The second-order valence-electron chi connectivity index (χ2n) is 12.2. The average Bonchev–Trinajstić information content (AvgIpc) is 3.09. The third-order valence-electron chi connectivity index (χ3n) is 8.88. The molecule has 6 aromatic rings. The van der Waals surface area contributed by atoms with Crippen molar-refractivity contribution in [3.05, 3.63) is 184 Å². The molecule has 0 heterocycles. The first-order valence-corrected chi connectivity index (χ1v) is 18.1. The summed E-state index contributed by atoms with van der Waals surface area (Å²) in [4.78, 5) is 0. The average molecular weight is 857 g/mol. The molecule has 0 saturated heterocycles. The summed E-state index contributed by atoms with van der Waals surface area (Å²) in [6.07, 6.45) is 1.99. The van der Waals surface area contributed by atoms with Crippen molar-refractivity contribution in [1.82, 2.24) is 0 Å². The lowest BCUT2D eigenvalue weighted by Gasteiger charge is -2.20. The van der Waals surface area contributed by atoms with Gasteiger partial charge in [0.25, 0.3) is 0 Å². The molecule has 0 spiro atoms. The van der Waals surface area contributed by atoms with Gasteiger partial charge < -0.3 is 19.7 Å². The number of fused-ring (bicyclic) bond motifs is 8. The van der Waals surface area contributed by atoms with E-state index in [-0.39, 0.29) is 11.5 Å². The van der Waals surface area contributed by atoms with E-state index in [0.717, 1.165) is 67.1 Å². The quantitative estimate of drug-likeness (QED) is 0.164. The summed E-state index contributed by atoms with van der Waals surface area (Å²) < 4.78 is 15.5. The summed E-state index contributed by atoms with van der Waals surface area (Å²) in [5.74, 6) is 2.15. The normalized spacial score (nSPS) is 12.4. The van der Waals surface area contributed by atoms with E-state index >= 15 is 0 Å². The molecular weight excluding hydrogens is 822 g/mol. The zero-order chi connectivity index (χ0) is 33.0. The van der Waals surface area contributed by atoms with Crippen LogP contribution in [0.3, 0.4) is 0 Å². The maximum absolute atomic E-state index is 11.7. The predicted molar refractivity (Wildman–Crippen MR) is 207 cm³/mol. The highest BCUT2D eigenvalue weighted by atomic mass is 127. The van der Waals surface area contributed by atoms with E-state index in [9.17, 15) is 10.2 Å². The van der Waals surface area contributed by atoms with Gasteiger partial charge in [-0.25, -0.2) is 0 Å². The van der Waals surface area contributed by atoms with Gasteiger partial charge in [-0.15, -0.1) is 0 Å². The molecule has 0 aromatic heterocycles. The Morgan fingerprint density at radius 3 is 0.958 bits per heavy atom. The van der Waals surface area contributed by atoms with Crippen LogP contribution >= 0.6 is 45.2 Å². The standard InChI is InChI=1S/C42H34I2O4/c43-37-17-13-27(14-18-37)25-47-41-33-9-3-11-35(41)23-31-7-2-8-32(40(31)46)24-36-12-4-10-34(22-30-6-1-5-29(21-33)39(30)45)42(36)48-26-28-15-19-38(44)20-16-28/h1-20,45-46H,21-26H2. The van der Waals surface area contributed by atoms with Gasteiger partial charge in [-0.2, -0.15) is 0 Å². The summed E-state index contributed by atoms with van der Waals surface area (Å²) in [7, 11) is 0. The van der Waals surface area contributed by atoms with Crippen LogP contribution in [0.4, 0.5) is 0 Å². The molecule has 0 unspecified atom stereocenters. The first-order chi connectivity index (χ1) is 23.4. The van der Waals surface area contributed by atoms with Gasteiger partial charge in [-0.3, -0.25) is 0 Å². The number of phenolic OH excluding ortho intramolecular Hbond substituents is 2. The van der Waals surface area contributed by atoms with Crippen LogP contribution in [0.25, 0.3) is 0 Å². The van der Waals surface area contributed by atoms with Gasteiger partial charge in [0.15, 0.2) is 0 Å². The van der Waals surface area contributed by atoms with Gasteiger partial charge >= 0.3 is 0 Å². The third kappa shape index (κ3) is 7.34. The number of benzene rings is 6. The van der Waals surface area contributed by atoms with Crippen molar-refractivity contribution >= 4 is 45.2 Å². The molecular formula is C42H34I2O4. The fraction of sp³-hybridized carbons (Fsp3) is 0.143. The lowest BCUT2D eigenvalue weighted by atomic mass is 9.91. The minimum absolute atomic E-state index is 0.287. The first kappa shape index (κ1) is 32.5. The lowest BCUT2D eigenvalue weighted by molar-refractivity contribution is 0.300. The fourth-order valence-electron chi connectivity index (χ4n) is 6.36. The van der Waals surface area contributed by atoms with Crippen molar-refractivity contribution in [3.8, 4) is 23.0 Å². The second kappa shape index (κ2) is 14.6. The van der Waals surface area contributed by atoms with Crippen molar-refractivity contribution in [2.45, 2.75) is 38.9 Å². The van der Waals surface area contributed by atoms with Crippen LogP contribution in [0, 0.1) is 7.14 Å². The van der Waals surface area contributed by atoms with E-state index in [2.05, 4.69) is 118 Å². The van der Waals surface area contributed by atoms with Crippen molar-refractivity contribution in [2.24, 2.45) is 0 Å². The third-order valence-corrected chi connectivity index (χ3v) is 10.3. The Hall–Kier alpha value is -4.02. The molecule has 48 heavy (non-hydrogen) atoms. The molecule has 0 aliphatic heterocycles. The minimum atomic E-state index is 0.287. The van der Waals surface area contributed by atoms with Crippen molar-refractivity contribution < 1.29 is 19.7 Å². The number of rotatable bonds is 6. The van der Waals surface area contributed by atoms with Crippen molar-refractivity contribution in [2.75, 3.05) is 0 Å². The molecule has 4 nitrogen and oxygen atoms in total. The van der Waals surface area contributed by atoms with Gasteiger partial charge in [0.1, 0.15) is 36.2 Å². The summed E-state index contributed by atoms with van der Waals surface area (Å²) in [6, 6.07) is 41.0. The summed E-state index contributed by atoms with van der Waals surface area (Å²) in [5.41, 5.74) is 9.42. The molecule has 1 aliphatic rings. The SMILES string of the molecule is Oc1c2cccc1Cc1cccc(c1OCc1ccc(I)cc1)Cc1cccc(c1O)Cc1cccc(c1OCc1ccc(I)cc1)C2. The molecule has 2 N–H and O–H groups in total. The molecule has 0 fully saturated rings. The van der Waals surface area contributed by atoms with Gasteiger partial charge in [0, 0.05) is 32.8 Å². The summed E-state index contributed by atoms with van der Waals surface area (Å²) in [6.45, 7) is 0.831. The smallest absolute Gasteiger partial charge is 0.126 e. The zero-order valence-corrected chi connectivity index (χ0v) is 30.6. The highest BCUT2D eigenvalue weighted by Crippen LogP contribution is 2.38. The molecule has 240 valence electrons. The predicted octanol–water partition coefficient (Wildman–Crippen LogP) is 10.1. The van der Waals surface area contributed by atoms with E-state index in [0.29, 0.717) is 38.9 Å². The highest BCUT2D eigenvalue weighted by molar-refractivity contribution is 14.1. The Morgan fingerprint density at radius 1 is 0.396 bits per heavy atom. The van der Waals surface area contributed by atoms with E-state index in [4.69, 9.17) is 9.47 Å². The number of aromatic hydroxyl groups is 2. The number of hydrogen-bond donors (Lipinski definition) is 2. The summed E-state index contributed by atoms with van der Waals surface area (Å²) >= 11 is 4.62. The number of ether oxygens (including phenoxy) is 2. The largest absolute Gasteiger partial charge is 0.507 e. The lowest BCUT2D eigenvalue weighted by Crippen LogP contribution is -2.06. The molecule has 0 saturated carbocycles. The second-order valence-corrected chi connectivity index (χ2v) is 14.7. The topological polar surface area (TPSA) is 58.9 Å². The maximum atomic E-state index is 11.7. The maximum Gasteiger partial charge on any atom is 0.126 e. The minimum Gasteiger partial charge on any atom is -0.507 e. The van der Waals surface area contributed by atoms with Crippen LogP contribution in [0.15, 0.2) is 121 Å². The van der Waals surface area contributed by atoms with E-state index in [1.165, 1.54) is 7.14 Å². The van der Waals surface area contributed by atoms with Crippen LogP contribution in [-0.2, 0) is 38.9 Å². The van der Waals surface area contributed by atoms with Gasteiger partial charge in [-0.1, -0.05) is 97.1 Å². The molecule has 6 aromatic carbocycles.